The number of H-pyrrole nitrogens is 1. The lowest BCUT2D eigenvalue weighted by molar-refractivity contribution is -0.120. The first-order chi connectivity index (χ1) is 9.74. The topological polar surface area (TPSA) is 113 Å². The molecule has 0 fully saturated rings. The number of benzene rings is 1. The lowest BCUT2D eigenvalue weighted by Gasteiger charge is -2.20. The van der Waals surface area contributed by atoms with Gasteiger partial charge in [-0.2, -0.15) is 0 Å². The summed E-state index contributed by atoms with van der Waals surface area (Å²) in [6.45, 7) is 5.71. The van der Waals surface area contributed by atoms with Crippen LogP contribution in [0.2, 0.25) is 0 Å². The van der Waals surface area contributed by atoms with Crippen molar-refractivity contribution < 1.29 is 4.79 Å². The van der Waals surface area contributed by atoms with E-state index in [9.17, 15) is 9.59 Å². The summed E-state index contributed by atoms with van der Waals surface area (Å²) in [5.41, 5.74) is 6.05. The SMILES string of the molecule is CC(C)(C)NC(=O)CNc1nc2ccc(N)cc2c(=O)[nH]1. The van der Waals surface area contributed by atoms with Gasteiger partial charge in [0.25, 0.3) is 5.56 Å². The van der Waals surface area contributed by atoms with E-state index in [1.807, 2.05) is 20.8 Å². The molecule has 1 aromatic heterocycles. The van der Waals surface area contributed by atoms with Crippen LogP contribution in [-0.4, -0.2) is 28.0 Å². The van der Waals surface area contributed by atoms with Crippen LogP contribution in [0.4, 0.5) is 11.6 Å². The van der Waals surface area contributed by atoms with Crippen LogP contribution in [0.25, 0.3) is 10.9 Å². The van der Waals surface area contributed by atoms with Crippen LogP contribution in [-0.2, 0) is 4.79 Å². The molecule has 1 amide bonds. The third kappa shape index (κ3) is 3.95. The van der Waals surface area contributed by atoms with Gasteiger partial charge in [0.2, 0.25) is 11.9 Å². The summed E-state index contributed by atoms with van der Waals surface area (Å²) in [5.74, 6) is 0.0730. The van der Waals surface area contributed by atoms with Gasteiger partial charge in [0.05, 0.1) is 17.4 Å². The number of fused-ring (bicyclic) bond motifs is 1. The van der Waals surface area contributed by atoms with Crippen LogP contribution in [0.15, 0.2) is 23.0 Å². The third-order valence-corrected chi connectivity index (χ3v) is 2.66. The second kappa shape index (κ2) is 5.43. The molecule has 0 aliphatic carbocycles. The van der Waals surface area contributed by atoms with Gasteiger partial charge >= 0.3 is 0 Å². The predicted octanol–water partition coefficient (Wildman–Crippen LogP) is 0.832. The summed E-state index contributed by atoms with van der Waals surface area (Å²) >= 11 is 0. The van der Waals surface area contributed by atoms with Gasteiger partial charge in [-0.15, -0.1) is 0 Å². The Hall–Kier alpha value is -2.57. The molecule has 2 rings (SSSR count). The van der Waals surface area contributed by atoms with Gasteiger partial charge in [-0.25, -0.2) is 4.98 Å². The van der Waals surface area contributed by atoms with Gasteiger partial charge in [-0.1, -0.05) is 0 Å². The van der Waals surface area contributed by atoms with E-state index < -0.39 is 0 Å². The Kier molecular flexibility index (Phi) is 3.84. The zero-order valence-corrected chi connectivity index (χ0v) is 12.3. The highest BCUT2D eigenvalue weighted by atomic mass is 16.2. The number of amides is 1. The van der Waals surface area contributed by atoms with Crippen LogP contribution in [0, 0.1) is 0 Å². The van der Waals surface area contributed by atoms with Crippen molar-refractivity contribution in [3.8, 4) is 0 Å². The molecule has 0 aliphatic heterocycles. The minimum atomic E-state index is -0.305. The van der Waals surface area contributed by atoms with Crippen molar-refractivity contribution in [1.82, 2.24) is 15.3 Å². The molecule has 0 atom stereocenters. The highest BCUT2D eigenvalue weighted by molar-refractivity contribution is 5.83. The number of nitrogens with two attached hydrogens (primary N) is 1. The Morgan fingerprint density at radius 2 is 2.10 bits per heavy atom. The number of carbonyl (C=O) groups is 1. The molecule has 7 nitrogen and oxygen atoms in total. The molecule has 1 aromatic carbocycles. The molecule has 2 aromatic rings. The summed E-state index contributed by atoms with van der Waals surface area (Å²) < 4.78 is 0. The Morgan fingerprint density at radius 1 is 1.38 bits per heavy atom. The second-order valence-corrected chi connectivity index (χ2v) is 5.84. The number of nitrogens with zero attached hydrogens (tertiary/aromatic N) is 1. The highest BCUT2D eigenvalue weighted by Crippen LogP contribution is 2.12. The maximum absolute atomic E-state index is 11.9. The van der Waals surface area contributed by atoms with E-state index in [1.165, 1.54) is 0 Å². The molecule has 0 aliphatic rings. The maximum atomic E-state index is 11.9. The van der Waals surface area contributed by atoms with Gasteiger partial charge in [0.1, 0.15) is 0 Å². The number of anilines is 2. The molecular weight excluding hydrogens is 270 g/mol. The largest absolute Gasteiger partial charge is 0.399 e. The van der Waals surface area contributed by atoms with Gasteiger partial charge in [0.15, 0.2) is 0 Å². The second-order valence-electron chi connectivity index (χ2n) is 5.84. The summed E-state index contributed by atoms with van der Waals surface area (Å²) in [6.07, 6.45) is 0. The molecular formula is C14H19N5O2. The Labute approximate surface area is 122 Å². The fourth-order valence-corrected chi connectivity index (χ4v) is 1.87. The summed E-state index contributed by atoms with van der Waals surface area (Å²) in [6, 6.07) is 4.91. The smallest absolute Gasteiger partial charge is 0.260 e. The van der Waals surface area contributed by atoms with Crippen molar-refractivity contribution in [3.63, 3.8) is 0 Å². The Balaban J connectivity index is 2.15. The van der Waals surface area contributed by atoms with Gasteiger partial charge in [0, 0.05) is 11.2 Å². The van der Waals surface area contributed by atoms with Crippen LogP contribution >= 0.6 is 0 Å². The third-order valence-electron chi connectivity index (χ3n) is 2.66. The molecule has 0 radical (unpaired) electrons. The zero-order valence-electron chi connectivity index (χ0n) is 12.3. The number of carbonyl (C=O) groups excluding carboxylic acids is 1. The molecule has 21 heavy (non-hydrogen) atoms. The van der Waals surface area contributed by atoms with Crippen molar-refractivity contribution in [2.75, 3.05) is 17.6 Å². The molecule has 0 saturated heterocycles. The lowest BCUT2D eigenvalue weighted by atomic mass is 10.1. The number of aromatic amines is 1. The molecule has 112 valence electrons. The molecule has 5 N–H and O–H groups in total. The van der Waals surface area contributed by atoms with Crippen LogP contribution in [0.1, 0.15) is 20.8 Å². The summed E-state index contributed by atoms with van der Waals surface area (Å²) in [4.78, 5) is 30.5. The van der Waals surface area contributed by atoms with E-state index in [2.05, 4.69) is 20.6 Å². The standard InChI is InChI=1S/C14H19N5O2/c1-14(2,3)19-11(20)7-16-13-17-10-5-4-8(15)6-9(10)12(21)18-13/h4-6H,7,15H2,1-3H3,(H,19,20)(H2,16,17,18,21). The van der Waals surface area contributed by atoms with E-state index in [-0.39, 0.29) is 29.5 Å². The summed E-state index contributed by atoms with van der Waals surface area (Å²) in [7, 11) is 0. The van der Waals surface area contributed by atoms with E-state index >= 15 is 0 Å². The van der Waals surface area contributed by atoms with Crippen molar-refractivity contribution in [3.05, 3.63) is 28.6 Å². The maximum Gasteiger partial charge on any atom is 0.260 e. The number of rotatable bonds is 3. The van der Waals surface area contributed by atoms with Crippen molar-refractivity contribution in [2.45, 2.75) is 26.3 Å². The van der Waals surface area contributed by atoms with Gasteiger partial charge < -0.3 is 16.4 Å². The number of hydrogen-bond donors (Lipinski definition) is 4. The number of nitrogens with one attached hydrogen (secondary N) is 3. The van der Waals surface area contributed by atoms with Crippen molar-refractivity contribution in [1.29, 1.82) is 0 Å². The normalized spacial score (nSPS) is 11.4. The van der Waals surface area contributed by atoms with Crippen LogP contribution in [0.3, 0.4) is 0 Å². The average molecular weight is 289 g/mol. The molecule has 1 heterocycles. The minimum absolute atomic E-state index is 0.0285. The van der Waals surface area contributed by atoms with E-state index in [4.69, 9.17) is 5.73 Å². The summed E-state index contributed by atoms with van der Waals surface area (Å²) in [5, 5.41) is 6.03. The van der Waals surface area contributed by atoms with E-state index in [1.54, 1.807) is 18.2 Å². The van der Waals surface area contributed by atoms with Gasteiger partial charge in [-0.3, -0.25) is 14.6 Å². The Morgan fingerprint density at radius 3 is 2.76 bits per heavy atom. The minimum Gasteiger partial charge on any atom is -0.399 e. The highest BCUT2D eigenvalue weighted by Gasteiger charge is 2.13. The quantitative estimate of drug-likeness (QED) is 0.625. The molecule has 0 spiro atoms. The number of nitrogen functional groups attached to an aromatic ring is 1. The van der Waals surface area contributed by atoms with Crippen LogP contribution in [0.5, 0.6) is 0 Å². The number of aromatic nitrogens is 2. The molecule has 7 heteroatoms. The fourth-order valence-electron chi connectivity index (χ4n) is 1.87. The average Bonchev–Trinajstić information content (AvgIpc) is 2.35. The monoisotopic (exact) mass is 289 g/mol. The zero-order chi connectivity index (χ0) is 15.6. The fraction of sp³-hybridized carbons (Fsp3) is 0.357. The first-order valence-electron chi connectivity index (χ1n) is 6.59. The van der Waals surface area contributed by atoms with Crippen LogP contribution < -0.4 is 21.9 Å². The molecule has 0 unspecified atom stereocenters. The van der Waals surface area contributed by atoms with Crippen molar-refractivity contribution in [2.24, 2.45) is 0 Å². The molecule has 0 saturated carbocycles. The van der Waals surface area contributed by atoms with E-state index in [0.29, 0.717) is 16.6 Å². The first-order valence-corrected chi connectivity index (χ1v) is 6.59. The van der Waals surface area contributed by atoms with E-state index in [0.717, 1.165) is 0 Å². The predicted molar refractivity (Wildman–Crippen MR) is 83.2 cm³/mol. The first kappa shape index (κ1) is 14.8. The van der Waals surface area contributed by atoms with Gasteiger partial charge in [-0.05, 0) is 39.0 Å². The molecule has 0 bridgehead atoms. The lowest BCUT2D eigenvalue weighted by Crippen LogP contribution is -2.43. The van der Waals surface area contributed by atoms with Crippen molar-refractivity contribution >= 4 is 28.4 Å². The Bertz CT molecular complexity index is 730. The number of hydrogen-bond acceptors (Lipinski definition) is 5.